The number of nitrogens with one attached hydrogen (secondary N) is 1. The van der Waals surface area contributed by atoms with Gasteiger partial charge in [0.05, 0.1) is 17.6 Å². The number of Topliss-reactive ketones (excluding diaryl/α,β-unsaturated/α-hetero) is 1. The number of fused-ring (bicyclic) bond motifs is 2. The van der Waals surface area contributed by atoms with Gasteiger partial charge in [-0.2, -0.15) is 0 Å². The lowest BCUT2D eigenvalue weighted by Crippen LogP contribution is -2.27. The Morgan fingerprint density at radius 2 is 1.73 bits per heavy atom. The first-order chi connectivity index (χ1) is 19.0. The summed E-state index contributed by atoms with van der Waals surface area (Å²) < 4.78 is 13.2. The zero-order valence-electron chi connectivity index (χ0n) is 23.4. The van der Waals surface area contributed by atoms with Gasteiger partial charge in [0, 0.05) is 46.6 Å². The van der Waals surface area contributed by atoms with Crippen molar-refractivity contribution in [3.8, 4) is 11.5 Å². The minimum Gasteiger partial charge on any atom is -0.454 e. The molecule has 0 radical (unpaired) electrons. The minimum absolute atomic E-state index is 0.0122. The van der Waals surface area contributed by atoms with Gasteiger partial charge in [-0.15, -0.1) is 0 Å². The van der Waals surface area contributed by atoms with E-state index in [1.807, 2.05) is 36.4 Å². The summed E-state index contributed by atoms with van der Waals surface area (Å²) in [5.74, 6) is 1.25. The van der Waals surface area contributed by atoms with Crippen LogP contribution in [0.1, 0.15) is 70.6 Å². The van der Waals surface area contributed by atoms with Gasteiger partial charge in [0.25, 0.3) is 0 Å². The fourth-order valence-electron chi connectivity index (χ4n) is 6.30. The molecule has 8 nitrogen and oxygen atoms in total. The van der Waals surface area contributed by atoms with Gasteiger partial charge >= 0.3 is 0 Å². The fraction of sp³-hybridized carbons (Fsp3) is 0.500. The Morgan fingerprint density at radius 3 is 2.42 bits per heavy atom. The van der Waals surface area contributed by atoms with E-state index in [1.165, 1.54) is 5.69 Å². The molecule has 1 aromatic heterocycles. The van der Waals surface area contributed by atoms with Crippen molar-refractivity contribution in [3.63, 3.8) is 0 Å². The van der Waals surface area contributed by atoms with Gasteiger partial charge in [0.2, 0.25) is 12.7 Å². The third-order valence-corrected chi connectivity index (χ3v) is 8.79. The molecule has 8 heteroatoms. The molecule has 0 spiro atoms. The molecular weight excluding hydrogens is 508 g/mol. The molecule has 3 aromatic rings. The first-order valence-corrected chi connectivity index (χ1v) is 14.3. The van der Waals surface area contributed by atoms with E-state index in [1.54, 1.807) is 0 Å². The average Bonchev–Trinajstić information content (AvgIpc) is 3.26. The second kappa shape index (κ2) is 9.93. The maximum absolute atomic E-state index is 13.5. The number of rotatable bonds is 8. The molecule has 3 atom stereocenters. The molecule has 2 saturated carbocycles. The van der Waals surface area contributed by atoms with Crippen molar-refractivity contribution in [2.75, 3.05) is 12.1 Å². The number of benzene rings is 2. The molecular formula is C32H38N2O6. The van der Waals surface area contributed by atoms with E-state index in [2.05, 4.69) is 36.7 Å². The van der Waals surface area contributed by atoms with E-state index in [4.69, 9.17) is 9.47 Å². The monoisotopic (exact) mass is 546 g/mol. The lowest BCUT2D eigenvalue weighted by atomic mass is 9.92. The molecule has 2 aliphatic carbocycles. The molecule has 1 aliphatic heterocycles. The van der Waals surface area contributed by atoms with Crippen LogP contribution in [0.25, 0.3) is 10.9 Å². The van der Waals surface area contributed by atoms with Gasteiger partial charge < -0.3 is 29.6 Å². The summed E-state index contributed by atoms with van der Waals surface area (Å²) >= 11 is 0. The van der Waals surface area contributed by atoms with Crippen molar-refractivity contribution < 1.29 is 29.3 Å². The molecule has 0 saturated heterocycles. The number of anilines is 1. The number of carbonyl (C=O) groups excluding carboxylic acids is 2. The van der Waals surface area contributed by atoms with Gasteiger partial charge in [0.15, 0.2) is 11.5 Å². The number of ether oxygens (including phenoxy) is 2. The molecule has 3 aliphatic rings. The minimum atomic E-state index is -0.795. The number of ketones is 1. The number of aryl methyl sites for hydroxylation is 1. The number of aliphatic hydroxyl groups is 2. The van der Waals surface area contributed by atoms with Crippen molar-refractivity contribution in [1.29, 1.82) is 0 Å². The van der Waals surface area contributed by atoms with Crippen LogP contribution in [0.15, 0.2) is 42.5 Å². The van der Waals surface area contributed by atoms with Crippen LogP contribution in [0, 0.1) is 5.92 Å². The predicted molar refractivity (Wildman–Crippen MR) is 152 cm³/mol. The SMILES string of the molecule is CC(C)(C)c1cc2cc(NC(=O)C3(c4ccc5c(c4)OCO5)CC3)ccc2n1CCCC(=O)C1C[C@@H](O)[C@@H](O)C1. The van der Waals surface area contributed by atoms with Crippen molar-refractivity contribution in [1.82, 2.24) is 4.57 Å². The van der Waals surface area contributed by atoms with Crippen LogP contribution in [0.3, 0.4) is 0 Å². The molecule has 212 valence electrons. The van der Waals surface area contributed by atoms with E-state index in [-0.39, 0.29) is 29.8 Å². The third kappa shape index (κ3) is 4.88. The summed E-state index contributed by atoms with van der Waals surface area (Å²) in [7, 11) is 0. The normalized spacial score (nSPS) is 23.0. The number of hydrogen-bond acceptors (Lipinski definition) is 6. The van der Waals surface area contributed by atoms with Gasteiger partial charge in [-0.25, -0.2) is 0 Å². The van der Waals surface area contributed by atoms with Crippen LogP contribution in [0.5, 0.6) is 11.5 Å². The van der Waals surface area contributed by atoms with Crippen molar-refractivity contribution in [2.45, 2.75) is 88.9 Å². The number of amides is 1. The summed E-state index contributed by atoms with van der Waals surface area (Å²) in [6, 6.07) is 14.0. The largest absolute Gasteiger partial charge is 0.454 e. The molecule has 0 bridgehead atoms. The number of aromatic nitrogens is 1. The Kier molecular flexibility index (Phi) is 6.66. The highest BCUT2D eigenvalue weighted by molar-refractivity contribution is 6.02. The van der Waals surface area contributed by atoms with Crippen molar-refractivity contribution >= 4 is 28.3 Å². The standard InChI is InChI=1S/C32H38N2O6/c1-31(2,3)29-16-19-13-22(33-30(38)32(10-11-32)21-6-9-27-28(17-21)40-18-39-27)7-8-23(19)34(29)12-4-5-24(35)20-14-25(36)26(37)15-20/h6-9,13,16-17,20,25-26,36-37H,4-5,10-12,14-15,18H2,1-3H3,(H,33,38)/t20?,25-,26+. The molecule has 1 unspecified atom stereocenters. The second-order valence-corrected chi connectivity index (χ2v) is 12.7. The van der Waals surface area contributed by atoms with E-state index in [0.717, 1.165) is 35.0 Å². The zero-order chi connectivity index (χ0) is 28.2. The van der Waals surface area contributed by atoms with E-state index in [9.17, 15) is 19.8 Å². The zero-order valence-corrected chi connectivity index (χ0v) is 23.4. The van der Waals surface area contributed by atoms with Gasteiger partial charge in [-0.3, -0.25) is 9.59 Å². The first-order valence-electron chi connectivity index (χ1n) is 14.3. The van der Waals surface area contributed by atoms with Crippen molar-refractivity contribution in [3.05, 3.63) is 53.7 Å². The summed E-state index contributed by atoms with van der Waals surface area (Å²) in [6.45, 7) is 7.43. The van der Waals surface area contributed by atoms with Gasteiger partial charge in [-0.05, 0) is 74.1 Å². The Bertz CT molecular complexity index is 1450. The summed E-state index contributed by atoms with van der Waals surface area (Å²) in [5, 5.41) is 23.8. The maximum atomic E-state index is 13.5. The number of nitrogens with zero attached hydrogens (tertiary/aromatic N) is 1. The lowest BCUT2D eigenvalue weighted by Gasteiger charge is -2.22. The summed E-state index contributed by atoms with van der Waals surface area (Å²) in [5.41, 5.74) is 3.30. The molecule has 1 amide bonds. The summed E-state index contributed by atoms with van der Waals surface area (Å²) in [6.07, 6.45) is 1.81. The molecule has 2 aromatic carbocycles. The average molecular weight is 547 g/mol. The third-order valence-electron chi connectivity index (χ3n) is 8.79. The lowest BCUT2D eigenvalue weighted by molar-refractivity contribution is -0.123. The van der Waals surface area contributed by atoms with Crippen LogP contribution in [-0.2, 0) is 27.0 Å². The molecule has 6 rings (SSSR count). The maximum Gasteiger partial charge on any atom is 0.235 e. The highest BCUT2D eigenvalue weighted by Gasteiger charge is 2.51. The Labute approximate surface area is 234 Å². The highest BCUT2D eigenvalue weighted by Crippen LogP contribution is 2.51. The fourth-order valence-corrected chi connectivity index (χ4v) is 6.30. The highest BCUT2D eigenvalue weighted by atomic mass is 16.7. The first kappa shape index (κ1) is 26.8. The number of carbonyl (C=O) groups is 2. The van der Waals surface area contributed by atoms with Crippen LogP contribution in [0.4, 0.5) is 5.69 Å². The number of aliphatic hydroxyl groups excluding tert-OH is 2. The van der Waals surface area contributed by atoms with Crippen LogP contribution in [-0.4, -0.2) is 45.5 Å². The Hall–Kier alpha value is -3.36. The Balaban J connectivity index is 1.18. The topological polar surface area (TPSA) is 110 Å². The van der Waals surface area contributed by atoms with Gasteiger partial charge in [0.1, 0.15) is 5.78 Å². The van der Waals surface area contributed by atoms with Crippen LogP contribution < -0.4 is 14.8 Å². The van der Waals surface area contributed by atoms with Crippen molar-refractivity contribution in [2.24, 2.45) is 5.92 Å². The molecule has 2 heterocycles. The molecule has 40 heavy (non-hydrogen) atoms. The van der Waals surface area contributed by atoms with E-state index >= 15 is 0 Å². The van der Waals surface area contributed by atoms with Crippen LogP contribution in [0.2, 0.25) is 0 Å². The smallest absolute Gasteiger partial charge is 0.235 e. The second-order valence-electron chi connectivity index (χ2n) is 12.7. The van der Waals surface area contributed by atoms with E-state index < -0.39 is 17.6 Å². The van der Waals surface area contributed by atoms with Gasteiger partial charge in [-0.1, -0.05) is 26.8 Å². The summed E-state index contributed by atoms with van der Waals surface area (Å²) in [4.78, 5) is 26.2. The number of hydrogen-bond donors (Lipinski definition) is 3. The predicted octanol–water partition coefficient (Wildman–Crippen LogP) is 4.82. The van der Waals surface area contributed by atoms with E-state index in [0.29, 0.717) is 43.7 Å². The Morgan fingerprint density at radius 1 is 1.00 bits per heavy atom. The van der Waals surface area contributed by atoms with Crippen LogP contribution >= 0.6 is 0 Å². The molecule has 3 N–H and O–H groups in total. The quantitative estimate of drug-likeness (QED) is 0.374. The molecule has 2 fully saturated rings.